The molecule has 0 radical (unpaired) electrons. The van der Waals surface area contributed by atoms with Crippen LogP contribution in [-0.2, 0) is 17.9 Å². The minimum atomic E-state index is 0.529. The molecule has 4 nitrogen and oxygen atoms in total. The first-order valence-corrected chi connectivity index (χ1v) is 6.58. The molecule has 0 bridgehead atoms. The van der Waals surface area contributed by atoms with Crippen LogP contribution in [0.15, 0.2) is 0 Å². The zero-order valence-corrected chi connectivity index (χ0v) is 11.7. The molecule has 17 heavy (non-hydrogen) atoms. The van der Waals surface area contributed by atoms with Crippen LogP contribution in [0.25, 0.3) is 0 Å². The van der Waals surface area contributed by atoms with Crippen LogP contribution in [0, 0.1) is 6.92 Å². The summed E-state index contributed by atoms with van der Waals surface area (Å²) in [5.41, 5.74) is 1.85. The van der Waals surface area contributed by atoms with Crippen molar-refractivity contribution in [1.29, 1.82) is 0 Å². The lowest BCUT2D eigenvalue weighted by molar-refractivity contribution is 0.117. The second-order valence-electron chi connectivity index (χ2n) is 3.96. The van der Waals surface area contributed by atoms with Gasteiger partial charge in [0, 0.05) is 13.1 Å². The Kier molecular flexibility index (Phi) is 6.55. The first-order chi connectivity index (χ1) is 8.20. The average Bonchev–Trinajstić information content (AvgIpc) is 2.60. The lowest BCUT2D eigenvalue weighted by atomic mass is 10.4. The van der Waals surface area contributed by atoms with Crippen LogP contribution < -0.4 is 5.32 Å². The fourth-order valence-corrected chi connectivity index (χ4v) is 1.81. The lowest BCUT2D eigenvalue weighted by Gasteiger charge is -2.07. The van der Waals surface area contributed by atoms with E-state index in [1.165, 1.54) is 0 Å². The number of nitrogens with one attached hydrogen (secondary N) is 1. The fourth-order valence-electron chi connectivity index (χ4n) is 1.62. The molecule has 1 aromatic heterocycles. The van der Waals surface area contributed by atoms with Gasteiger partial charge in [-0.3, -0.25) is 4.68 Å². The molecule has 5 heteroatoms. The van der Waals surface area contributed by atoms with Crippen LogP contribution in [0.5, 0.6) is 0 Å². The van der Waals surface area contributed by atoms with Gasteiger partial charge in [0.15, 0.2) is 0 Å². The van der Waals surface area contributed by atoms with Gasteiger partial charge in [0.1, 0.15) is 0 Å². The Balaban J connectivity index is 2.35. The monoisotopic (exact) mass is 259 g/mol. The quantitative estimate of drug-likeness (QED) is 0.729. The zero-order chi connectivity index (χ0) is 12.7. The van der Waals surface area contributed by atoms with Gasteiger partial charge in [-0.15, -0.1) is 0 Å². The van der Waals surface area contributed by atoms with Gasteiger partial charge in [-0.1, -0.05) is 18.5 Å². The summed E-state index contributed by atoms with van der Waals surface area (Å²) in [6.07, 6.45) is 1.15. The summed E-state index contributed by atoms with van der Waals surface area (Å²) >= 11 is 6.18. The summed E-state index contributed by atoms with van der Waals surface area (Å²) in [6.45, 7) is 10.1. The van der Waals surface area contributed by atoms with Crippen molar-refractivity contribution in [2.75, 3.05) is 19.7 Å². The van der Waals surface area contributed by atoms with Crippen LogP contribution in [0.1, 0.15) is 31.7 Å². The molecular weight excluding hydrogens is 238 g/mol. The van der Waals surface area contributed by atoms with E-state index in [1.54, 1.807) is 0 Å². The molecule has 0 aliphatic heterocycles. The second kappa shape index (κ2) is 7.69. The summed E-state index contributed by atoms with van der Waals surface area (Å²) in [6, 6.07) is 0. The van der Waals surface area contributed by atoms with Crippen molar-refractivity contribution in [3.8, 4) is 0 Å². The highest BCUT2D eigenvalue weighted by molar-refractivity contribution is 6.31. The number of nitrogens with zero attached hydrogens (tertiary/aromatic N) is 2. The lowest BCUT2D eigenvalue weighted by Crippen LogP contribution is -2.20. The maximum absolute atomic E-state index is 6.18. The number of hydrogen-bond donors (Lipinski definition) is 1. The van der Waals surface area contributed by atoms with Crippen LogP contribution in [0.3, 0.4) is 0 Å². The minimum Gasteiger partial charge on any atom is -0.374 e. The normalized spacial score (nSPS) is 11.1. The maximum Gasteiger partial charge on any atom is 0.0900 e. The molecule has 0 saturated heterocycles. The van der Waals surface area contributed by atoms with Gasteiger partial charge in [-0.05, 0) is 26.8 Å². The minimum absolute atomic E-state index is 0.529. The van der Waals surface area contributed by atoms with E-state index in [0.29, 0.717) is 13.2 Å². The summed E-state index contributed by atoms with van der Waals surface area (Å²) in [5.74, 6) is 0. The SMILES string of the molecule is CCCNCCOCc1c(Cl)c(C)nn1CC. The third kappa shape index (κ3) is 4.30. The maximum atomic E-state index is 6.18. The van der Waals surface area contributed by atoms with Crippen molar-refractivity contribution in [1.82, 2.24) is 15.1 Å². The predicted molar refractivity (Wildman–Crippen MR) is 70.5 cm³/mol. The number of hydrogen-bond acceptors (Lipinski definition) is 3. The van der Waals surface area contributed by atoms with Gasteiger partial charge in [0.25, 0.3) is 0 Å². The van der Waals surface area contributed by atoms with Crippen molar-refractivity contribution in [3.05, 3.63) is 16.4 Å². The Bertz CT molecular complexity index is 339. The topological polar surface area (TPSA) is 39.1 Å². The Hall–Kier alpha value is -0.580. The van der Waals surface area contributed by atoms with Crippen LogP contribution in [0.2, 0.25) is 5.02 Å². The molecule has 1 aromatic rings. The number of rotatable bonds is 8. The Morgan fingerprint density at radius 2 is 2.12 bits per heavy atom. The van der Waals surface area contributed by atoms with E-state index in [0.717, 1.165) is 42.5 Å². The average molecular weight is 260 g/mol. The van der Waals surface area contributed by atoms with E-state index in [1.807, 2.05) is 11.6 Å². The van der Waals surface area contributed by atoms with E-state index in [2.05, 4.69) is 24.3 Å². The summed E-state index contributed by atoms with van der Waals surface area (Å²) in [5, 5.41) is 8.37. The molecule has 0 aliphatic rings. The highest BCUT2D eigenvalue weighted by Gasteiger charge is 2.11. The fraction of sp³-hybridized carbons (Fsp3) is 0.750. The third-order valence-corrected chi connectivity index (χ3v) is 3.03. The molecule has 0 aliphatic carbocycles. The largest absolute Gasteiger partial charge is 0.374 e. The standard InChI is InChI=1S/C12H22ClN3O/c1-4-6-14-7-8-17-9-11-12(13)10(3)15-16(11)5-2/h14H,4-9H2,1-3H3. The molecule has 0 unspecified atom stereocenters. The Labute approximate surface area is 108 Å². The first-order valence-electron chi connectivity index (χ1n) is 6.20. The Morgan fingerprint density at radius 3 is 2.76 bits per heavy atom. The summed E-state index contributed by atoms with van der Waals surface area (Å²) in [7, 11) is 0. The van der Waals surface area contributed by atoms with Gasteiger partial charge in [0.05, 0.1) is 29.6 Å². The summed E-state index contributed by atoms with van der Waals surface area (Å²) < 4.78 is 7.50. The van der Waals surface area contributed by atoms with Crippen LogP contribution >= 0.6 is 11.6 Å². The molecule has 1 N–H and O–H groups in total. The van der Waals surface area contributed by atoms with Crippen molar-refractivity contribution in [3.63, 3.8) is 0 Å². The molecular formula is C12H22ClN3O. The van der Waals surface area contributed by atoms with E-state index in [4.69, 9.17) is 16.3 Å². The zero-order valence-electron chi connectivity index (χ0n) is 10.9. The third-order valence-electron chi connectivity index (χ3n) is 2.54. The van der Waals surface area contributed by atoms with E-state index < -0.39 is 0 Å². The van der Waals surface area contributed by atoms with Gasteiger partial charge in [0.2, 0.25) is 0 Å². The van der Waals surface area contributed by atoms with Gasteiger partial charge < -0.3 is 10.1 Å². The number of ether oxygens (including phenoxy) is 1. The smallest absolute Gasteiger partial charge is 0.0900 e. The molecule has 0 aromatic carbocycles. The van der Waals surface area contributed by atoms with E-state index >= 15 is 0 Å². The van der Waals surface area contributed by atoms with Crippen LogP contribution in [-0.4, -0.2) is 29.5 Å². The number of aryl methyl sites for hydroxylation is 2. The molecule has 98 valence electrons. The molecule has 0 atom stereocenters. The van der Waals surface area contributed by atoms with E-state index in [9.17, 15) is 0 Å². The van der Waals surface area contributed by atoms with Crippen molar-refractivity contribution < 1.29 is 4.74 Å². The molecule has 0 spiro atoms. The van der Waals surface area contributed by atoms with Crippen molar-refractivity contribution in [2.45, 2.75) is 40.3 Å². The summed E-state index contributed by atoms with van der Waals surface area (Å²) in [4.78, 5) is 0. The van der Waals surface area contributed by atoms with Crippen LogP contribution in [0.4, 0.5) is 0 Å². The van der Waals surface area contributed by atoms with Gasteiger partial charge in [-0.25, -0.2) is 0 Å². The predicted octanol–water partition coefficient (Wildman–Crippen LogP) is 2.38. The Morgan fingerprint density at radius 1 is 1.35 bits per heavy atom. The highest BCUT2D eigenvalue weighted by atomic mass is 35.5. The first kappa shape index (κ1) is 14.5. The number of halogens is 1. The van der Waals surface area contributed by atoms with Gasteiger partial charge in [-0.2, -0.15) is 5.10 Å². The van der Waals surface area contributed by atoms with Gasteiger partial charge >= 0.3 is 0 Å². The number of aromatic nitrogens is 2. The molecule has 0 amide bonds. The van der Waals surface area contributed by atoms with Crippen molar-refractivity contribution >= 4 is 11.6 Å². The molecule has 0 fully saturated rings. The highest BCUT2D eigenvalue weighted by Crippen LogP contribution is 2.20. The van der Waals surface area contributed by atoms with E-state index in [-0.39, 0.29) is 0 Å². The second-order valence-corrected chi connectivity index (χ2v) is 4.34. The molecule has 1 rings (SSSR count). The molecule has 0 saturated carbocycles. The molecule has 1 heterocycles. The van der Waals surface area contributed by atoms with Crippen molar-refractivity contribution in [2.24, 2.45) is 0 Å².